The first-order valence-corrected chi connectivity index (χ1v) is 9.25. The van der Waals surface area contributed by atoms with Crippen LogP contribution in [-0.2, 0) is 15.6 Å². The molecule has 2 atom stereocenters. The van der Waals surface area contributed by atoms with Gasteiger partial charge in [-0.05, 0) is 18.6 Å². The number of benzene rings is 2. The molecule has 0 bridgehead atoms. The van der Waals surface area contributed by atoms with Crippen molar-refractivity contribution in [2.75, 3.05) is 11.5 Å². The van der Waals surface area contributed by atoms with E-state index in [-0.39, 0.29) is 17.1 Å². The molecule has 3 nitrogen and oxygen atoms in total. The maximum absolute atomic E-state index is 13.7. The lowest BCUT2D eigenvalue weighted by molar-refractivity contribution is -0.119. The van der Waals surface area contributed by atoms with Crippen LogP contribution in [-0.4, -0.2) is 21.6 Å². The van der Waals surface area contributed by atoms with Crippen molar-refractivity contribution in [3.05, 3.63) is 77.4 Å². The van der Waals surface area contributed by atoms with E-state index >= 15 is 0 Å². The van der Waals surface area contributed by atoms with Crippen LogP contribution in [0.2, 0.25) is 0 Å². The number of nitrogens with one attached hydrogen (secondary N) is 1. The smallest absolute Gasteiger partial charge is 0.233 e. The van der Waals surface area contributed by atoms with E-state index in [4.69, 9.17) is 0 Å². The van der Waals surface area contributed by atoms with Crippen molar-refractivity contribution >= 4 is 22.8 Å². The van der Waals surface area contributed by atoms with Gasteiger partial charge in [-0.2, -0.15) is 0 Å². The number of carbonyl (C=O) groups is 1. The first-order chi connectivity index (χ1) is 12.0. The van der Waals surface area contributed by atoms with Crippen LogP contribution in [0.15, 0.2) is 54.6 Å². The van der Waals surface area contributed by atoms with Gasteiger partial charge < -0.3 is 5.32 Å². The Kier molecular flexibility index (Phi) is 7.01. The quantitative estimate of drug-likeness (QED) is 0.817. The molecule has 2 rings (SSSR count). The van der Waals surface area contributed by atoms with E-state index in [1.54, 1.807) is 13.0 Å². The topological polar surface area (TPSA) is 46.2 Å². The lowest BCUT2D eigenvalue weighted by Crippen LogP contribution is -2.31. The third kappa shape index (κ3) is 6.23. The van der Waals surface area contributed by atoms with Gasteiger partial charge in [0.25, 0.3) is 0 Å². The largest absolute Gasteiger partial charge is 0.349 e. The maximum Gasteiger partial charge on any atom is 0.233 e. The second kappa shape index (κ2) is 9.22. The van der Waals surface area contributed by atoms with Crippen LogP contribution in [0.1, 0.15) is 24.1 Å². The minimum Gasteiger partial charge on any atom is -0.349 e. The summed E-state index contributed by atoms with van der Waals surface area (Å²) in [4.78, 5) is 11.9. The van der Waals surface area contributed by atoms with Gasteiger partial charge in [0.05, 0.1) is 6.04 Å². The van der Waals surface area contributed by atoms with Crippen molar-refractivity contribution in [2.45, 2.75) is 13.0 Å². The highest BCUT2D eigenvalue weighted by atomic mass is 32.2. The summed E-state index contributed by atoms with van der Waals surface area (Å²) in [5.41, 5.74) is 1.17. The Hall–Kier alpha value is -2.34. The Morgan fingerprint density at radius 2 is 1.92 bits per heavy atom. The summed E-state index contributed by atoms with van der Waals surface area (Å²) in [7, 11) is -1.36. The monoisotopic (exact) mass is 363 g/mol. The fraction of sp³-hybridized carbons (Fsp3) is 0.211. The highest BCUT2D eigenvalue weighted by Crippen LogP contribution is 2.17. The molecule has 0 fully saturated rings. The predicted octanol–water partition coefficient (Wildman–Crippen LogP) is 3.60. The molecule has 2 aromatic rings. The first kappa shape index (κ1) is 19.0. The number of carbonyl (C=O) groups excluding carboxylic acids is 1. The molecule has 0 saturated heterocycles. The third-order valence-electron chi connectivity index (χ3n) is 3.49. The molecule has 0 heterocycles. The molecule has 0 aromatic heterocycles. The van der Waals surface area contributed by atoms with E-state index in [0.29, 0.717) is 0 Å². The van der Waals surface area contributed by atoms with Crippen LogP contribution >= 0.6 is 0 Å². The minimum absolute atomic E-state index is 0.174. The van der Waals surface area contributed by atoms with Gasteiger partial charge in [-0.15, -0.1) is 0 Å². The van der Waals surface area contributed by atoms with E-state index in [2.05, 4.69) is 5.32 Å². The predicted molar refractivity (Wildman–Crippen MR) is 96.3 cm³/mol. The molecule has 0 radical (unpaired) electrons. The Morgan fingerprint density at radius 1 is 1.20 bits per heavy atom. The molecular formula is C19H19F2NO2S. The zero-order valence-electron chi connectivity index (χ0n) is 13.7. The second-order valence-corrected chi connectivity index (χ2v) is 7.02. The van der Waals surface area contributed by atoms with E-state index in [9.17, 15) is 17.8 Å². The van der Waals surface area contributed by atoms with Crippen LogP contribution in [0.4, 0.5) is 8.78 Å². The number of hydrogen-bond donors (Lipinski definition) is 1. The molecule has 132 valence electrons. The lowest BCUT2D eigenvalue weighted by Gasteiger charge is -2.15. The number of amides is 1. The van der Waals surface area contributed by atoms with Crippen LogP contribution in [0.5, 0.6) is 0 Å². The standard InChI is InChI=1S/C19H19F2NO2S/c1-14(17-10-9-16(20)12-18(17)21)22-19(23)13-25(24)11-5-8-15-6-3-2-4-7-15/h2-10,12,14H,11,13H2,1H3,(H,22,23). The second-order valence-electron chi connectivity index (χ2n) is 5.52. The summed E-state index contributed by atoms with van der Waals surface area (Å²) >= 11 is 0. The Morgan fingerprint density at radius 3 is 2.60 bits per heavy atom. The number of rotatable bonds is 7. The van der Waals surface area contributed by atoms with Gasteiger partial charge in [0.2, 0.25) is 5.91 Å². The third-order valence-corrected chi connectivity index (χ3v) is 4.64. The fourth-order valence-corrected chi connectivity index (χ4v) is 3.08. The molecule has 0 aliphatic rings. The molecule has 0 saturated carbocycles. The molecule has 1 N–H and O–H groups in total. The lowest BCUT2D eigenvalue weighted by atomic mass is 10.1. The first-order valence-electron chi connectivity index (χ1n) is 7.76. The van der Waals surface area contributed by atoms with E-state index in [1.165, 1.54) is 6.07 Å². The van der Waals surface area contributed by atoms with Gasteiger partial charge in [0, 0.05) is 28.2 Å². The molecule has 0 aliphatic carbocycles. The molecule has 0 spiro atoms. The van der Waals surface area contributed by atoms with E-state index in [0.717, 1.165) is 17.7 Å². The molecular weight excluding hydrogens is 344 g/mol. The van der Waals surface area contributed by atoms with Crippen molar-refractivity contribution in [1.82, 2.24) is 5.32 Å². The van der Waals surface area contributed by atoms with Gasteiger partial charge in [-0.1, -0.05) is 48.6 Å². The summed E-state index contributed by atoms with van der Waals surface area (Å²) in [6.45, 7) is 1.59. The van der Waals surface area contributed by atoms with Crippen molar-refractivity contribution in [2.24, 2.45) is 0 Å². The zero-order valence-corrected chi connectivity index (χ0v) is 14.6. The Labute approximate surface area is 148 Å². The maximum atomic E-state index is 13.7. The summed E-state index contributed by atoms with van der Waals surface area (Å²) in [6.07, 6.45) is 3.59. The van der Waals surface area contributed by atoms with Gasteiger partial charge in [-0.25, -0.2) is 8.78 Å². The Balaban J connectivity index is 1.82. The zero-order chi connectivity index (χ0) is 18.2. The van der Waals surface area contributed by atoms with Crippen LogP contribution in [0, 0.1) is 11.6 Å². The summed E-state index contributed by atoms with van der Waals surface area (Å²) in [5, 5.41) is 2.58. The molecule has 2 unspecified atom stereocenters. The molecule has 0 aliphatic heterocycles. The highest BCUT2D eigenvalue weighted by Gasteiger charge is 2.15. The van der Waals surface area contributed by atoms with E-state index < -0.39 is 34.4 Å². The van der Waals surface area contributed by atoms with Crippen molar-refractivity contribution in [1.29, 1.82) is 0 Å². The van der Waals surface area contributed by atoms with Crippen molar-refractivity contribution < 1.29 is 17.8 Å². The summed E-state index contributed by atoms with van der Waals surface area (Å²) < 4.78 is 38.5. The highest BCUT2D eigenvalue weighted by molar-refractivity contribution is 7.85. The molecule has 2 aromatic carbocycles. The van der Waals surface area contributed by atoms with Gasteiger partial charge in [0.1, 0.15) is 17.4 Å². The van der Waals surface area contributed by atoms with Crippen LogP contribution in [0.3, 0.4) is 0 Å². The van der Waals surface area contributed by atoms with Gasteiger partial charge in [0.15, 0.2) is 0 Å². The molecule has 6 heteroatoms. The molecule has 25 heavy (non-hydrogen) atoms. The van der Waals surface area contributed by atoms with Gasteiger partial charge in [-0.3, -0.25) is 9.00 Å². The summed E-state index contributed by atoms with van der Waals surface area (Å²) in [6, 6.07) is 12.1. The van der Waals surface area contributed by atoms with Crippen molar-refractivity contribution in [3.63, 3.8) is 0 Å². The van der Waals surface area contributed by atoms with E-state index in [1.807, 2.05) is 36.4 Å². The normalized spacial score (nSPS) is 13.6. The van der Waals surface area contributed by atoms with Gasteiger partial charge >= 0.3 is 0 Å². The average Bonchev–Trinajstić information content (AvgIpc) is 2.55. The van der Waals surface area contributed by atoms with Crippen LogP contribution < -0.4 is 5.32 Å². The van der Waals surface area contributed by atoms with Crippen molar-refractivity contribution in [3.8, 4) is 0 Å². The number of halogens is 2. The molecule has 1 amide bonds. The fourth-order valence-electron chi connectivity index (χ4n) is 2.27. The van der Waals surface area contributed by atoms with Crippen LogP contribution in [0.25, 0.3) is 6.08 Å². The Bertz CT molecular complexity index is 778. The minimum atomic E-state index is -1.36. The number of hydrogen-bond acceptors (Lipinski definition) is 2. The average molecular weight is 363 g/mol. The summed E-state index contributed by atoms with van der Waals surface area (Å²) in [5.74, 6) is -1.76. The SMILES string of the molecule is CC(NC(=O)CS(=O)CC=Cc1ccccc1)c1ccc(F)cc1F.